The summed E-state index contributed by atoms with van der Waals surface area (Å²) in [4.78, 5) is 8.13. The summed E-state index contributed by atoms with van der Waals surface area (Å²) in [5.41, 5.74) is 0.950. The van der Waals surface area contributed by atoms with Gasteiger partial charge in [-0.3, -0.25) is 4.98 Å². The highest BCUT2D eigenvalue weighted by Gasteiger charge is 1.98. The van der Waals surface area contributed by atoms with Crippen LogP contribution in [0.2, 0.25) is 5.02 Å². The summed E-state index contributed by atoms with van der Waals surface area (Å²) in [6.07, 6.45) is 3.20. The van der Waals surface area contributed by atoms with Gasteiger partial charge < -0.3 is 4.74 Å². The minimum absolute atomic E-state index is 0.505. The fraction of sp³-hybridized carbons (Fsp3) is 0.0909. The van der Waals surface area contributed by atoms with Gasteiger partial charge in [-0.05, 0) is 25.1 Å². The molecular formula is C11H9ClN2O. The summed E-state index contributed by atoms with van der Waals surface area (Å²) in [5, 5.41) is 0.587. The summed E-state index contributed by atoms with van der Waals surface area (Å²) >= 11 is 5.71. The van der Waals surface area contributed by atoms with E-state index in [1.165, 1.54) is 0 Å². The molecule has 2 aromatic heterocycles. The topological polar surface area (TPSA) is 35.0 Å². The van der Waals surface area contributed by atoms with E-state index < -0.39 is 0 Å². The van der Waals surface area contributed by atoms with Gasteiger partial charge in [-0.15, -0.1) is 0 Å². The molecule has 0 aliphatic heterocycles. The van der Waals surface area contributed by atoms with Gasteiger partial charge in [0.05, 0.1) is 11.2 Å². The Balaban J connectivity index is 2.15. The molecule has 0 saturated heterocycles. The number of hydrogen-bond donors (Lipinski definition) is 0. The average molecular weight is 221 g/mol. The number of ether oxygens (including phenoxy) is 1. The molecule has 0 unspecified atom stereocenters. The minimum atomic E-state index is 0.505. The summed E-state index contributed by atoms with van der Waals surface area (Å²) in [5.74, 6) is 1.17. The number of nitrogens with zero attached hydrogens (tertiary/aromatic N) is 2. The zero-order chi connectivity index (χ0) is 10.7. The van der Waals surface area contributed by atoms with Crippen molar-refractivity contribution in [1.29, 1.82) is 0 Å². The van der Waals surface area contributed by atoms with Crippen LogP contribution in [0, 0.1) is 6.92 Å². The lowest BCUT2D eigenvalue weighted by molar-refractivity contribution is 0.460. The first-order valence-corrected chi connectivity index (χ1v) is 4.84. The van der Waals surface area contributed by atoms with Gasteiger partial charge in [0.2, 0.25) is 5.88 Å². The van der Waals surface area contributed by atoms with Crippen LogP contribution in [-0.2, 0) is 0 Å². The Morgan fingerprint density at radius 3 is 2.53 bits per heavy atom. The Labute approximate surface area is 92.7 Å². The van der Waals surface area contributed by atoms with Crippen molar-refractivity contribution >= 4 is 11.6 Å². The first-order chi connectivity index (χ1) is 7.24. The van der Waals surface area contributed by atoms with Crippen LogP contribution in [0.15, 0.2) is 36.7 Å². The molecule has 76 valence electrons. The molecule has 0 spiro atoms. The van der Waals surface area contributed by atoms with Crippen LogP contribution in [0.3, 0.4) is 0 Å². The molecule has 0 aliphatic rings. The van der Waals surface area contributed by atoms with E-state index in [4.69, 9.17) is 16.3 Å². The third-order valence-corrected chi connectivity index (χ3v) is 2.03. The Morgan fingerprint density at radius 2 is 1.93 bits per heavy atom. The quantitative estimate of drug-likeness (QED) is 0.780. The number of aromatic nitrogens is 2. The molecule has 2 rings (SSSR count). The SMILES string of the molecule is Cc1ccc(Oc2ccc(Cl)cn2)cn1. The van der Waals surface area contributed by atoms with Gasteiger partial charge in [-0.2, -0.15) is 0 Å². The van der Waals surface area contributed by atoms with E-state index in [2.05, 4.69) is 9.97 Å². The molecule has 2 aromatic rings. The van der Waals surface area contributed by atoms with Crippen molar-refractivity contribution < 1.29 is 4.74 Å². The smallest absolute Gasteiger partial charge is 0.219 e. The van der Waals surface area contributed by atoms with Gasteiger partial charge in [0.1, 0.15) is 5.75 Å². The highest BCUT2D eigenvalue weighted by Crippen LogP contribution is 2.19. The molecule has 0 bridgehead atoms. The lowest BCUT2D eigenvalue weighted by atomic mass is 10.4. The van der Waals surface area contributed by atoms with E-state index in [1.54, 1.807) is 24.5 Å². The maximum atomic E-state index is 5.71. The third kappa shape index (κ3) is 2.67. The molecule has 0 fully saturated rings. The van der Waals surface area contributed by atoms with E-state index in [-0.39, 0.29) is 0 Å². The standard InChI is InChI=1S/C11H9ClN2O/c1-8-2-4-10(7-13-8)15-11-5-3-9(12)6-14-11/h2-7H,1H3. The maximum Gasteiger partial charge on any atom is 0.219 e. The van der Waals surface area contributed by atoms with Crippen molar-refractivity contribution in [2.45, 2.75) is 6.92 Å². The zero-order valence-electron chi connectivity index (χ0n) is 8.14. The molecule has 0 N–H and O–H groups in total. The molecule has 0 radical (unpaired) electrons. The Hall–Kier alpha value is -1.61. The molecule has 0 atom stereocenters. The third-order valence-electron chi connectivity index (χ3n) is 1.81. The monoisotopic (exact) mass is 220 g/mol. The van der Waals surface area contributed by atoms with Crippen LogP contribution in [0.4, 0.5) is 0 Å². The fourth-order valence-corrected chi connectivity index (χ4v) is 1.17. The Morgan fingerprint density at radius 1 is 1.07 bits per heavy atom. The lowest BCUT2D eigenvalue weighted by Gasteiger charge is -2.03. The number of rotatable bonds is 2. The second kappa shape index (κ2) is 4.28. The highest BCUT2D eigenvalue weighted by molar-refractivity contribution is 6.30. The maximum absolute atomic E-state index is 5.71. The molecular weight excluding hydrogens is 212 g/mol. The van der Waals surface area contributed by atoms with Crippen LogP contribution < -0.4 is 4.74 Å². The van der Waals surface area contributed by atoms with Gasteiger partial charge in [-0.1, -0.05) is 11.6 Å². The Bertz CT molecular complexity index is 396. The number of aryl methyl sites for hydroxylation is 1. The zero-order valence-corrected chi connectivity index (χ0v) is 8.90. The molecule has 0 saturated carbocycles. The van der Waals surface area contributed by atoms with E-state index >= 15 is 0 Å². The summed E-state index contributed by atoms with van der Waals surface area (Å²) < 4.78 is 5.46. The number of pyridine rings is 2. The molecule has 3 nitrogen and oxygen atoms in total. The van der Waals surface area contributed by atoms with E-state index in [0.29, 0.717) is 16.7 Å². The highest BCUT2D eigenvalue weighted by atomic mass is 35.5. The fourth-order valence-electron chi connectivity index (χ4n) is 1.06. The van der Waals surface area contributed by atoms with Gasteiger partial charge in [0.25, 0.3) is 0 Å². The summed E-state index contributed by atoms with van der Waals surface area (Å²) in [6, 6.07) is 7.16. The number of halogens is 1. The van der Waals surface area contributed by atoms with Crippen LogP contribution >= 0.6 is 11.6 Å². The van der Waals surface area contributed by atoms with Crippen molar-refractivity contribution in [3.05, 3.63) is 47.4 Å². The second-order valence-corrected chi connectivity index (χ2v) is 3.49. The van der Waals surface area contributed by atoms with Crippen molar-refractivity contribution in [3.8, 4) is 11.6 Å². The van der Waals surface area contributed by atoms with Crippen LogP contribution in [0.5, 0.6) is 11.6 Å². The van der Waals surface area contributed by atoms with Gasteiger partial charge in [0.15, 0.2) is 0 Å². The van der Waals surface area contributed by atoms with Crippen molar-refractivity contribution in [2.75, 3.05) is 0 Å². The van der Waals surface area contributed by atoms with Crippen LogP contribution in [0.1, 0.15) is 5.69 Å². The first kappa shape index (κ1) is 9.93. The lowest BCUT2D eigenvalue weighted by Crippen LogP contribution is -1.88. The normalized spacial score (nSPS) is 10.0. The van der Waals surface area contributed by atoms with Crippen molar-refractivity contribution in [3.63, 3.8) is 0 Å². The molecule has 0 aromatic carbocycles. The van der Waals surface area contributed by atoms with Crippen molar-refractivity contribution in [1.82, 2.24) is 9.97 Å². The number of hydrogen-bond acceptors (Lipinski definition) is 3. The van der Waals surface area contributed by atoms with Gasteiger partial charge in [0, 0.05) is 18.0 Å². The average Bonchev–Trinajstić information content (AvgIpc) is 2.25. The van der Waals surface area contributed by atoms with E-state index in [9.17, 15) is 0 Å². The molecule has 2 heterocycles. The second-order valence-electron chi connectivity index (χ2n) is 3.05. The largest absolute Gasteiger partial charge is 0.437 e. The Kier molecular flexibility index (Phi) is 2.83. The van der Waals surface area contributed by atoms with E-state index in [1.807, 2.05) is 19.1 Å². The molecule has 0 aliphatic carbocycles. The van der Waals surface area contributed by atoms with Crippen molar-refractivity contribution in [2.24, 2.45) is 0 Å². The predicted molar refractivity (Wildman–Crippen MR) is 58.3 cm³/mol. The molecule has 15 heavy (non-hydrogen) atoms. The van der Waals surface area contributed by atoms with Gasteiger partial charge >= 0.3 is 0 Å². The minimum Gasteiger partial charge on any atom is -0.437 e. The summed E-state index contributed by atoms with van der Waals surface area (Å²) in [6.45, 7) is 1.92. The first-order valence-electron chi connectivity index (χ1n) is 4.46. The van der Waals surface area contributed by atoms with E-state index in [0.717, 1.165) is 5.69 Å². The molecule has 0 amide bonds. The van der Waals surface area contributed by atoms with Gasteiger partial charge in [-0.25, -0.2) is 4.98 Å². The molecule has 4 heteroatoms. The predicted octanol–water partition coefficient (Wildman–Crippen LogP) is 3.23. The van der Waals surface area contributed by atoms with Crippen LogP contribution in [0.25, 0.3) is 0 Å². The summed E-state index contributed by atoms with van der Waals surface area (Å²) in [7, 11) is 0. The van der Waals surface area contributed by atoms with Crippen LogP contribution in [-0.4, -0.2) is 9.97 Å².